The number of rotatable bonds is 5. The van der Waals surface area contributed by atoms with Gasteiger partial charge >= 0.3 is 12.0 Å². The summed E-state index contributed by atoms with van der Waals surface area (Å²) in [5.74, 6) is 0.192. The molecule has 1 N–H and O–H groups in total. The molecule has 0 aromatic heterocycles. The van der Waals surface area contributed by atoms with Crippen LogP contribution in [0, 0.1) is 5.92 Å². The van der Waals surface area contributed by atoms with E-state index in [2.05, 4.69) is 22.2 Å². The number of piperidine rings is 1. The van der Waals surface area contributed by atoms with Gasteiger partial charge in [0.1, 0.15) is 0 Å². The maximum atomic E-state index is 12.7. The number of carbonyl (C=O) groups is 2. The Bertz CT molecular complexity index is 656. The third kappa shape index (κ3) is 5.69. The van der Waals surface area contributed by atoms with Crippen molar-refractivity contribution in [3.05, 3.63) is 29.8 Å². The van der Waals surface area contributed by atoms with Crippen LogP contribution < -0.4 is 5.32 Å². The van der Waals surface area contributed by atoms with Gasteiger partial charge in [-0.15, -0.1) is 0 Å². The average Bonchev–Trinajstić information content (AvgIpc) is 2.71. The first-order valence-corrected chi connectivity index (χ1v) is 10.3. The van der Waals surface area contributed by atoms with E-state index in [1.54, 1.807) is 31.2 Å². The minimum atomic E-state index is -0.344. The molecule has 2 heterocycles. The van der Waals surface area contributed by atoms with E-state index in [-0.39, 0.29) is 12.0 Å². The van der Waals surface area contributed by atoms with E-state index in [1.165, 1.54) is 6.42 Å². The predicted molar refractivity (Wildman–Crippen MR) is 110 cm³/mol. The lowest BCUT2D eigenvalue weighted by atomic mass is 9.97. The minimum Gasteiger partial charge on any atom is -0.462 e. The van der Waals surface area contributed by atoms with Gasteiger partial charge in [-0.2, -0.15) is 0 Å². The number of benzene rings is 1. The summed E-state index contributed by atoms with van der Waals surface area (Å²) < 4.78 is 4.98. The van der Waals surface area contributed by atoms with Gasteiger partial charge in [0.25, 0.3) is 0 Å². The Morgan fingerprint density at radius 2 is 1.82 bits per heavy atom. The summed E-state index contributed by atoms with van der Waals surface area (Å²) in [6, 6.07) is 6.79. The van der Waals surface area contributed by atoms with Crippen molar-refractivity contribution in [2.75, 3.05) is 64.8 Å². The van der Waals surface area contributed by atoms with Gasteiger partial charge in [0.15, 0.2) is 0 Å². The van der Waals surface area contributed by atoms with Gasteiger partial charge in [0, 0.05) is 51.5 Å². The quantitative estimate of drug-likeness (QED) is 0.785. The second-order valence-corrected chi connectivity index (χ2v) is 7.79. The number of ether oxygens (including phenoxy) is 1. The number of anilines is 1. The number of nitrogens with one attached hydrogen (secondary N) is 1. The average molecular weight is 389 g/mol. The summed E-state index contributed by atoms with van der Waals surface area (Å²) in [5, 5.41) is 2.95. The van der Waals surface area contributed by atoms with E-state index < -0.39 is 0 Å². The Hall–Kier alpha value is -2.12. The van der Waals surface area contributed by atoms with Crippen molar-refractivity contribution in [2.45, 2.75) is 19.8 Å². The number of amides is 2. The molecule has 0 saturated carbocycles. The summed E-state index contributed by atoms with van der Waals surface area (Å²) in [6.45, 7) is 9.29. The lowest BCUT2D eigenvalue weighted by Gasteiger charge is -2.38. The molecule has 1 aromatic carbocycles. The highest BCUT2D eigenvalue weighted by atomic mass is 16.5. The molecule has 3 rings (SSSR count). The molecular weight excluding hydrogens is 356 g/mol. The molecule has 1 unspecified atom stereocenters. The van der Waals surface area contributed by atoms with Crippen molar-refractivity contribution in [3.63, 3.8) is 0 Å². The zero-order valence-corrected chi connectivity index (χ0v) is 17.0. The lowest BCUT2D eigenvalue weighted by molar-refractivity contribution is 0.0526. The normalized spacial score (nSPS) is 21.4. The van der Waals surface area contributed by atoms with Crippen LogP contribution in [0.1, 0.15) is 30.1 Å². The first-order chi connectivity index (χ1) is 13.5. The van der Waals surface area contributed by atoms with Crippen LogP contribution in [0.15, 0.2) is 24.3 Å². The topological polar surface area (TPSA) is 65.1 Å². The number of likely N-dealkylation sites (N-methyl/N-ethyl adjacent to an activating group) is 1. The molecule has 0 spiro atoms. The van der Waals surface area contributed by atoms with E-state index in [4.69, 9.17) is 4.74 Å². The van der Waals surface area contributed by atoms with Gasteiger partial charge in [-0.25, -0.2) is 9.59 Å². The van der Waals surface area contributed by atoms with Crippen molar-refractivity contribution < 1.29 is 14.3 Å². The van der Waals surface area contributed by atoms with Gasteiger partial charge in [-0.3, -0.25) is 0 Å². The summed E-state index contributed by atoms with van der Waals surface area (Å²) in [4.78, 5) is 31.2. The fourth-order valence-electron chi connectivity index (χ4n) is 3.90. The second kappa shape index (κ2) is 9.89. The standard InChI is InChI=1S/C21H32N4O3/c1-3-28-20(26)18-6-8-19(9-7-18)22-21(27)25-10-4-5-17(16-25)15-24-13-11-23(2)12-14-24/h6-9,17H,3-5,10-16H2,1-2H3,(H,22,27). The maximum absolute atomic E-state index is 12.7. The van der Waals surface area contributed by atoms with Crippen LogP contribution >= 0.6 is 0 Å². The highest BCUT2D eigenvalue weighted by Gasteiger charge is 2.26. The minimum absolute atomic E-state index is 0.0630. The largest absolute Gasteiger partial charge is 0.462 e. The van der Waals surface area contributed by atoms with E-state index >= 15 is 0 Å². The predicted octanol–water partition coefficient (Wildman–Crippen LogP) is 2.35. The third-order valence-electron chi connectivity index (χ3n) is 5.57. The molecule has 1 atom stereocenters. The maximum Gasteiger partial charge on any atom is 0.338 e. The highest BCUT2D eigenvalue weighted by Crippen LogP contribution is 2.20. The molecular formula is C21H32N4O3. The van der Waals surface area contributed by atoms with Gasteiger partial charge in [-0.1, -0.05) is 0 Å². The number of carbonyl (C=O) groups excluding carboxylic acids is 2. The van der Waals surface area contributed by atoms with Gasteiger partial charge < -0.3 is 24.8 Å². The molecule has 7 heteroatoms. The van der Waals surface area contributed by atoms with Gasteiger partial charge in [0.2, 0.25) is 0 Å². The van der Waals surface area contributed by atoms with Crippen molar-refractivity contribution in [3.8, 4) is 0 Å². The first kappa shape index (κ1) is 20.6. The van der Waals surface area contributed by atoms with Gasteiger partial charge in [0.05, 0.1) is 12.2 Å². The molecule has 2 aliphatic rings. The van der Waals surface area contributed by atoms with E-state index in [0.29, 0.717) is 23.8 Å². The van der Waals surface area contributed by atoms with Crippen LogP contribution in [0.3, 0.4) is 0 Å². The molecule has 2 amide bonds. The fourth-order valence-corrected chi connectivity index (χ4v) is 3.90. The Morgan fingerprint density at radius 3 is 2.50 bits per heavy atom. The molecule has 154 valence electrons. The fraction of sp³-hybridized carbons (Fsp3) is 0.619. The Kier molecular flexibility index (Phi) is 7.28. The number of esters is 1. The number of hydrogen-bond acceptors (Lipinski definition) is 5. The van der Waals surface area contributed by atoms with E-state index in [9.17, 15) is 9.59 Å². The van der Waals surface area contributed by atoms with Crippen LogP contribution in [0.25, 0.3) is 0 Å². The number of piperazine rings is 1. The zero-order chi connectivity index (χ0) is 19.9. The molecule has 0 bridgehead atoms. The van der Waals surface area contributed by atoms with Crippen molar-refractivity contribution in [2.24, 2.45) is 5.92 Å². The monoisotopic (exact) mass is 388 g/mol. The highest BCUT2D eigenvalue weighted by molar-refractivity contribution is 5.92. The molecule has 2 saturated heterocycles. The Labute approximate surface area is 167 Å². The van der Waals surface area contributed by atoms with Crippen LogP contribution in [0.4, 0.5) is 10.5 Å². The van der Waals surface area contributed by atoms with Crippen molar-refractivity contribution in [1.29, 1.82) is 0 Å². The summed E-state index contributed by atoms with van der Waals surface area (Å²) in [6.07, 6.45) is 2.23. The molecule has 0 radical (unpaired) electrons. The smallest absolute Gasteiger partial charge is 0.338 e. The second-order valence-electron chi connectivity index (χ2n) is 7.79. The third-order valence-corrected chi connectivity index (χ3v) is 5.57. The van der Waals surface area contributed by atoms with Crippen LogP contribution in [-0.2, 0) is 4.74 Å². The molecule has 2 aliphatic heterocycles. The number of nitrogens with zero attached hydrogens (tertiary/aromatic N) is 3. The first-order valence-electron chi connectivity index (χ1n) is 10.3. The van der Waals surface area contributed by atoms with E-state index in [1.807, 2.05) is 4.90 Å². The van der Waals surface area contributed by atoms with Gasteiger partial charge in [-0.05, 0) is 57.0 Å². The molecule has 2 fully saturated rings. The number of hydrogen-bond donors (Lipinski definition) is 1. The van der Waals surface area contributed by atoms with Crippen molar-refractivity contribution >= 4 is 17.7 Å². The van der Waals surface area contributed by atoms with Crippen LogP contribution in [0.5, 0.6) is 0 Å². The SMILES string of the molecule is CCOC(=O)c1ccc(NC(=O)N2CCCC(CN3CCN(C)CC3)C2)cc1. The molecule has 0 aliphatic carbocycles. The van der Waals surface area contributed by atoms with Crippen molar-refractivity contribution in [1.82, 2.24) is 14.7 Å². The molecule has 1 aromatic rings. The van der Waals surface area contributed by atoms with Crippen LogP contribution in [0.2, 0.25) is 0 Å². The lowest BCUT2D eigenvalue weighted by Crippen LogP contribution is -2.49. The Balaban J connectivity index is 1.49. The number of likely N-dealkylation sites (tertiary alicyclic amines) is 1. The zero-order valence-electron chi connectivity index (χ0n) is 17.0. The molecule has 7 nitrogen and oxygen atoms in total. The summed E-state index contributed by atoms with van der Waals surface area (Å²) in [7, 11) is 2.17. The Morgan fingerprint density at radius 1 is 1.11 bits per heavy atom. The summed E-state index contributed by atoms with van der Waals surface area (Å²) in [5.41, 5.74) is 1.18. The van der Waals surface area contributed by atoms with Crippen LogP contribution in [-0.4, -0.2) is 86.2 Å². The summed E-state index contributed by atoms with van der Waals surface area (Å²) >= 11 is 0. The molecule has 28 heavy (non-hydrogen) atoms. The number of urea groups is 1. The van der Waals surface area contributed by atoms with E-state index in [0.717, 1.165) is 52.2 Å².